The zero-order valence-corrected chi connectivity index (χ0v) is 7.04. The molecule has 0 saturated carbocycles. The van der Waals surface area contributed by atoms with Crippen molar-refractivity contribution in [1.82, 2.24) is 4.98 Å². The van der Waals surface area contributed by atoms with E-state index >= 15 is 0 Å². The van der Waals surface area contributed by atoms with E-state index in [1.807, 2.05) is 0 Å². The normalized spacial score (nSPS) is 8.00. The second-order valence-electron chi connectivity index (χ2n) is 1.50. The molecule has 0 unspecified atom stereocenters. The number of nitrogens with zero attached hydrogens (tertiary/aromatic N) is 1. The maximum absolute atomic E-state index is 10.0. The molecule has 0 atom stereocenters. The van der Waals surface area contributed by atoms with Crippen LogP contribution in [-0.2, 0) is 22.4 Å². The summed E-state index contributed by atoms with van der Waals surface area (Å²) in [7, 11) is 0. The van der Waals surface area contributed by atoms with E-state index in [2.05, 4.69) is 4.98 Å². The molecule has 1 rings (SSSR count). The fourth-order valence-corrected chi connectivity index (χ4v) is 0.484. The van der Waals surface area contributed by atoms with Crippen molar-refractivity contribution in [1.29, 1.82) is 0 Å². The Morgan fingerprint density at radius 1 is 1.50 bits per heavy atom. The first-order valence-electron chi connectivity index (χ1n) is 2.43. The Labute approximate surface area is 73.6 Å². The number of hydrogen-bond donors (Lipinski definition) is 0. The van der Waals surface area contributed by atoms with Crippen molar-refractivity contribution in [3.63, 3.8) is 0 Å². The third kappa shape index (κ3) is 2.31. The monoisotopic (exact) mass is 319 g/mol. The first kappa shape index (κ1) is 9.36. The SMILES string of the molecule is O=C([O-])c1ccccn1.[Au+]. The number of carboxylic acids is 1. The zero-order valence-electron chi connectivity index (χ0n) is 4.87. The Morgan fingerprint density at radius 2 is 2.20 bits per heavy atom. The Balaban J connectivity index is 0.000000810. The molecule has 0 saturated heterocycles. The van der Waals surface area contributed by atoms with Crippen LogP contribution in [0.5, 0.6) is 0 Å². The second-order valence-corrected chi connectivity index (χ2v) is 1.50. The summed E-state index contributed by atoms with van der Waals surface area (Å²) in [6.07, 6.45) is 1.41. The average molecular weight is 319 g/mol. The third-order valence-corrected chi connectivity index (χ3v) is 0.874. The van der Waals surface area contributed by atoms with Gasteiger partial charge in [-0.15, -0.1) is 0 Å². The predicted octanol–water partition coefficient (Wildman–Crippen LogP) is -0.557. The van der Waals surface area contributed by atoms with Gasteiger partial charge in [0.2, 0.25) is 0 Å². The van der Waals surface area contributed by atoms with Crippen molar-refractivity contribution >= 4 is 5.97 Å². The summed E-state index contributed by atoms with van der Waals surface area (Å²) in [6.45, 7) is 0. The van der Waals surface area contributed by atoms with E-state index in [4.69, 9.17) is 0 Å². The summed E-state index contributed by atoms with van der Waals surface area (Å²) in [4.78, 5) is 13.5. The molecule has 56 valence electrons. The zero-order chi connectivity index (χ0) is 6.69. The predicted molar refractivity (Wildman–Crippen MR) is 28.6 cm³/mol. The number of rotatable bonds is 1. The molecule has 0 bridgehead atoms. The number of carbonyl (C=O) groups excluding carboxylic acids is 1. The molecule has 0 N–H and O–H groups in total. The summed E-state index contributed by atoms with van der Waals surface area (Å²) >= 11 is 0. The van der Waals surface area contributed by atoms with Crippen LogP contribution in [0.1, 0.15) is 10.5 Å². The average Bonchev–Trinajstić information content (AvgIpc) is 1.90. The molecular formula is C6H4AuNO2. The maximum Gasteiger partial charge on any atom is 1.00 e. The van der Waals surface area contributed by atoms with Crippen LogP contribution in [-0.4, -0.2) is 11.0 Å². The molecular weight excluding hydrogens is 315 g/mol. The Hall–Kier alpha value is -0.640. The molecule has 3 nitrogen and oxygen atoms in total. The molecule has 0 spiro atoms. The molecule has 1 heterocycles. The van der Waals surface area contributed by atoms with Crippen molar-refractivity contribution in [3.05, 3.63) is 30.1 Å². The van der Waals surface area contributed by atoms with Crippen LogP contribution in [0, 0.1) is 0 Å². The molecule has 0 radical (unpaired) electrons. The Kier molecular flexibility index (Phi) is 3.95. The van der Waals surface area contributed by atoms with E-state index in [-0.39, 0.29) is 28.1 Å². The Bertz CT molecular complexity index is 212. The van der Waals surface area contributed by atoms with Gasteiger partial charge in [0, 0.05) is 6.20 Å². The number of pyridine rings is 1. The van der Waals surface area contributed by atoms with E-state index in [1.54, 1.807) is 12.1 Å². The third-order valence-electron chi connectivity index (χ3n) is 0.874. The Morgan fingerprint density at radius 3 is 2.50 bits per heavy atom. The van der Waals surface area contributed by atoms with Crippen molar-refractivity contribution < 1.29 is 32.3 Å². The van der Waals surface area contributed by atoms with E-state index in [1.165, 1.54) is 12.3 Å². The number of aromatic carboxylic acids is 1. The molecule has 0 amide bonds. The minimum absolute atomic E-state index is 0. The molecule has 4 heteroatoms. The van der Waals surface area contributed by atoms with Crippen LogP contribution in [0.15, 0.2) is 24.4 Å². The van der Waals surface area contributed by atoms with E-state index < -0.39 is 5.97 Å². The molecule has 0 aliphatic heterocycles. The van der Waals surface area contributed by atoms with Gasteiger partial charge in [-0.2, -0.15) is 0 Å². The van der Waals surface area contributed by atoms with Gasteiger partial charge >= 0.3 is 22.4 Å². The van der Waals surface area contributed by atoms with Gasteiger partial charge in [0.15, 0.2) is 0 Å². The first-order valence-corrected chi connectivity index (χ1v) is 2.43. The molecule has 0 aromatic carbocycles. The molecule has 1 aromatic heterocycles. The van der Waals surface area contributed by atoms with Crippen LogP contribution in [0.3, 0.4) is 0 Å². The summed E-state index contributed by atoms with van der Waals surface area (Å²) in [5, 5.41) is 10.0. The minimum Gasteiger partial charge on any atom is -0.543 e. The number of hydrogen-bond acceptors (Lipinski definition) is 3. The van der Waals surface area contributed by atoms with Gasteiger partial charge < -0.3 is 9.90 Å². The summed E-state index contributed by atoms with van der Waals surface area (Å²) in [5.41, 5.74) is -0.0301. The van der Waals surface area contributed by atoms with Gasteiger partial charge in [-0.25, -0.2) is 0 Å². The van der Waals surface area contributed by atoms with Gasteiger partial charge in [-0.3, -0.25) is 4.98 Å². The molecule has 10 heavy (non-hydrogen) atoms. The van der Waals surface area contributed by atoms with Gasteiger partial charge in [0.25, 0.3) is 0 Å². The smallest absolute Gasteiger partial charge is 0.543 e. The molecule has 0 aliphatic rings. The summed E-state index contributed by atoms with van der Waals surface area (Å²) in [6, 6.07) is 4.62. The van der Waals surface area contributed by atoms with Crippen LogP contribution in [0.2, 0.25) is 0 Å². The number of carboxylic acid groups (broad SMARTS) is 1. The molecule has 1 aromatic rings. The molecule has 0 aliphatic carbocycles. The first-order chi connectivity index (χ1) is 4.30. The van der Waals surface area contributed by atoms with E-state index in [0.29, 0.717) is 0 Å². The van der Waals surface area contributed by atoms with Crippen LogP contribution >= 0.6 is 0 Å². The van der Waals surface area contributed by atoms with Gasteiger partial charge in [-0.05, 0) is 12.1 Å². The standard InChI is InChI=1S/C6H5NO2.Au/c8-6(9)5-3-1-2-4-7-5;/h1-4H,(H,8,9);/q;+1/p-1. The topological polar surface area (TPSA) is 53.0 Å². The number of aromatic nitrogens is 1. The van der Waals surface area contributed by atoms with E-state index in [9.17, 15) is 9.90 Å². The van der Waals surface area contributed by atoms with Crippen LogP contribution in [0.4, 0.5) is 0 Å². The van der Waals surface area contributed by atoms with Crippen LogP contribution in [0.25, 0.3) is 0 Å². The maximum atomic E-state index is 10.0. The van der Waals surface area contributed by atoms with Gasteiger partial charge in [-0.1, -0.05) is 6.07 Å². The van der Waals surface area contributed by atoms with Crippen molar-refractivity contribution in [2.45, 2.75) is 0 Å². The van der Waals surface area contributed by atoms with Gasteiger partial charge in [0.1, 0.15) is 0 Å². The summed E-state index contributed by atoms with van der Waals surface area (Å²) < 4.78 is 0. The fourth-order valence-electron chi connectivity index (χ4n) is 0.484. The fraction of sp³-hybridized carbons (Fsp3) is 0. The largest absolute Gasteiger partial charge is 1.00 e. The quantitative estimate of drug-likeness (QED) is 0.652. The van der Waals surface area contributed by atoms with Gasteiger partial charge in [0.05, 0.1) is 11.7 Å². The summed E-state index contributed by atoms with van der Waals surface area (Å²) in [5.74, 6) is -1.24. The minimum atomic E-state index is -1.24. The molecule has 0 fully saturated rings. The second kappa shape index (κ2) is 4.22. The van der Waals surface area contributed by atoms with Crippen molar-refractivity contribution in [3.8, 4) is 0 Å². The van der Waals surface area contributed by atoms with E-state index in [0.717, 1.165) is 0 Å². The van der Waals surface area contributed by atoms with Crippen molar-refractivity contribution in [2.24, 2.45) is 0 Å². The number of carbonyl (C=O) groups is 1. The van der Waals surface area contributed by atoms with Crippen LogP contribution < -0.4 is 5.11 Å². The van der Waals surface area contributed by atoms with Crippen molar-refractivity contribution in [2.75, 3.05) is 0 Å².